The van der Waals surface area contributed by atoms with Gasteiger partial charge in [0.1, 0.15) is 6.29 Å². The highest BCUT2D eigenvalue weighted by atomic mass is 35.5. The Hall–Kier alpha value is -0.670. The maximum Gasteiger partial charge on any atom is 0.150 e. The van der Waals surface area contributed by atoms with Crippen LogP contribution in [0.1, 0.15) is 23.7 Å². The third-order valence-corrected chi connectivity index (χ3v) is 4.72. The van der Waals surface area contributed by atoms with E-state index in [0.717, 1.165) is 30.8 Å². The molecule has 1 fully saturated rings. The van der Waals surface area contributed by atoms with Gasteiger partial charge in [0.2, 0.25) is 0 Å². The van der Waals surface area contributed by atoms with Gasteiger partial charge < -0.3 is 4.90 Å². The average molecular weight is 270 g/mol. The number of rotatable bonds is 3. The molecule has 2 nitrogen and oxygen atoms in total. The molecule has 0 radical (unpaired) electrons. The van der Waals surface area contributed by atoms with Gasteiger partial charge in [0.25, 0.3) is 0 Å². The highest BCUT2D eigenvalue weighted by Crippen LogP contribution is 2.31. The summed E-state index contributed by atoms with van der Waals surface area (Å²) in [7, 11) is 0. The van der Waals surface area contributed by atoms with Gasteiger partial charge in [-0.15, -0.1) is 0 Å². The SMILES string of the molecule is CCC1CN(c2ccc(C=O)cc2Cl)CCS1. The number of anilines is 1. The van der Waals surface area contributed by atoms with Crippen LogP contribution in [0, 0.1) is 0 Å². The number of halogens is 1. The smallest absolute Gasteiger partial charge is 0.150 e. The van der Waals surface area contributed by atoms with Crippen molar-refractivity contribution in [1.82, 2.24) is 0 Å². The number of aldehydes is 1. The molecular formula is C13H16ClNOS. The zero-order valence-corrected chi connectivity index (χ0v) is 11.4. The number of nitrogens with zero attached hydrogens (tertiary/aromatic N) is 1. The Bertz CT molecular complexity index is 410. The maximum absolute atomic E-state index is 10.7. The number of benzene rings is 1. The zero-order valence-electron chi connectivity index (χ0n) is 9.86. The Morgan fingerprint density at radius 1 is 1.59 bits per heavy atom. The second-order valence-electron chi connectivity index (χ2n) is 4.18. The predicted octanol–water partition coefficient (Wildman–Crippen LogP) is 3.48. The summed E-state index contributed by atoms with van der Waals surface area (Å²) >= 11 is 8.26. The van der Waals surface area contributed by atoms with Gasteiger partial charge in [0.05, 0.1) is 10.7 Å². The fourth-order valence-electron chi connectivity index (χ4n) is 2.04. The van der Waals surface area contributed by atoms with Crippen molar-refractivity contribution in [1.29, 1.82) is 0 Å². The summed E-state index contributed by atoms with van der Waals surface area (Å²) in [5, 5.41) is 1.36. The Morgan fingerprint density at radius 3 is 3.06 bits per heavy atom. The fraction of sp³-hybridized carbons (Fsp3) is 0.462. The van der Waals surface area contributed by atoms with Crippen LogP contribution in [0.25, 0.3) is 0 Å². The summed E-state index contributed by atoms with van der Waals surface area (Å²) in [5.41, 5.74) is 1.69. The molecule has 0 aromatic heterocycles. The van der Waals surface area contributed by atoms with E-state index in [1.165, 1.54) is 6.42 Å². The van der Waals surface area contributed by atoms with Crippen molar-refractivity contribution < 1.29 is 4.79 Å². The Kier molecular flexibility index (Phi) is 4.35. The lowest BCUT2D eigenvalue weighted by Gasteiger charge is -2.34. The molecule has 1 aromatic rings. The lowest BCUT2D eigenvalue weighted by Crippen LogP contribution is -2.37. The molecule has 1 heterocycles. The van der Waals surface area contributed by atoms with E-state index < -0.39 is 0 Å². The molecule has 0 saturated carbocycles. The fourth-order valence-corrected chi connectivity index (χ4v) is 3.53. The summed E-state index contributed by atoms with van der Waals surface area (Å²) in [6.07, 6.45) is 2.02. The van der Waals surface area contributed by atoms with Gasteiger partial charge in [0, 0.05) is 29.7 Å². The number of hydrogen-bond acceptors (Lipinski definition) is 3. The molecule has 1 aliphatic rings. The van der Waals surface area contributed by atoms with E-state index in [2.05, 4.69) is 11.8 Å². The van der Waals surface area contributed by atoms with Gasteiger partial charge in [-0.2, -0.15) is 11.8 Å². The first-order valence-electron chi connectivity index (χ1n) is 5.86. The van der Waals surface area contributed by atoms with Gasteiger partial charge in [-0.25, -0.2) is 0 Å². The molecule has 1 aromatic carbocycles. The average Bonchev–Trinajstić information content (AvgIpc) is 2.38. The van der Waals surface area contributed by atoms with Gasteiger partial charge in [-0.05, 0) is 24.6 Å². The van der Waals surface area contributed by atoms with Crippen LogP contribution in [0.15, 0.2) is 18.2 Å². The highest BCUT2D eigenvalue weighted by Gasteiger charge is 2.20. The van der Waals surface area contributed by atoms with Crippen LogP contribution >= 0.6 is 23.4 Å². The Labute approximate surface area is 111 Å². The maximum atomic E-state index is 10.7. The van der Waals surface area contributed by atoms with Crippen LogP contribution in [0.4, 0.5) is 5.69 Å². The van der Waals surface area contributed by atoms with E-state index in [4.69, 9.17) is 11.6 Å². The van der Waals surface area contributed by atoms with Crippen molar-refractivity contribution in [3.05, 3.63) is 28.8 Å². The van der Waals surface area contributed by atoms with Crippen LogP contribution < -0.4 is 4.90 Å². The largest absolute Gasteiger partial charge is 0.368 e. The van der Waals surface area contributed by atoms with Gasteiger partial charge in [-0.1, -0.05) is 18.5 Å². The first kappa shape index (κ1) is 12.8. The third-order valence-electron chi connectivity index (χ3n) is 3.04. The number of carbonyl (C=O) groups excluding carboxylic acids is 1. The standard InChI is InChI=1S/C13H16ClNOS/c1-2-11-8-15(5-6-17-11)13-4-3-10(9-16)7-12(13)14/h3-4,7,9,11H,2,5-6,8H2,1H3. The highest BCUT2D eigenvalue weighted by molar-refractivity contribution is 8.00. The predicted molar refractivity (Wildman–Crippen MR) is 75.6 cm³/mol. The molecule has 0 N–H and O–H groups in total. The normalized spacial score (nSPS) is 20.4. The number of thioether (sulfide) groups is 1. The summed E-state index contributed by atoms with van der Waals surface area (Å²) in [6.45, 7) is 4.29. The third kappa shape index (κ3) is 2.96. The molecule has 0 bridgehead atoms. The van der Waals surface area contributed by atoms with Crippen molar-refractivity contribution in [3.63, 3.8) is 0 Å². The minimum atomic E-state index is 0.636. The van der Waals surface area contributed by atoms with Gasteiger partial charge in [0.15, 0.2) is 0 Å². The van der Waals surface area contributed by atoms with Crippen LogP contribution in [-0.2, 0) is 0 Å². The van der Waals surface area contributed by atoms with E-state index in [9.17, 15) is 4.79 Å². The molecule has 17 heavy (non-hydrogen) atoms. The molecule has 1 saturated heterocycles. The molecule has 0 amide bonds. The molecule has 2 rings (SSSR count). The van der Waals surface area contributed by atoms with E-state index >= 15 is 0 Å². The van der Waals surface area contributed by atoms with Crippen molar-refractivity contribution in [2.75, 3.05) is 23.7 Å². The van der Waals surface area contributed by atoms with E-state index in [1.807, 2.05) is 23.9 Å². The van der Waals surface area contributed by atoms with Crippen LogP contribution in [0.5, 0.6) is 0 Å². The van der Waals surface area contributed by atoms with E-state index in [1.54, 1.807) is 6.07 Å². The molecule has 4 heteroatoms. The second-order valence-corrected chi connectivity index (χ2v) is 5.99. The molecule has 92 valence electrons. The number of carbonyl (C=O) groups is 1. The van der Waals surface area contributed by atoms with E-state index in [0.29, 0.717) is 15.8 Å². The van der Waals surface area contributed by atoms with Crippen molar-refractivity contribution in [2.45, 2.75) is 18.6 Å². The van der Waals surface area contributed by atoms with Crippen LogP contribution in [-0.4, -0.2) is 30.4 Å². The second kappa shape index (κ2) is 5.78. The zero-order chi connectivity index (χ0) is 12.3. The molecule has 0 spiro atoms. The molecule has 1 atom stereocenters. The Balaban J connectivity index is 2.18. The molecule has 0 aliphatic carbocycles. The first-order valence-corrected chi connectivity index (χ1v) is 7.28. The van der Waals surface area contributed by atoms with Gasteiger partial charge >= 0.3 is 0 Å². The van der Waals surface area contributed by atoms with E-state index in [-0.39, 0.29) is 0 Å². The minimum absolute atomic E-state index is 0.636. The lowest BCUT2D eigenvalue weighted by molar-refractivity contribution is 0.112. The van der Waals surface area contributed by atoms with Crippen LogP contribution in [0.3, 0.4) is 0 Å². The van der Waals surface area contributed by atoms with Crippen molar-refractivity contribution in [2.24, 2.45) is 0 Å². The topological polar surface area (TPSA) is 20.3 Å². The lowest BCUT2D eigenvalue weighted by atomic mass is 10.2. The molecule has 1 aliphatic heterocycles. The summed E-state index contributed by atoms with van der Waals surface area (Å²) < 4.78 is 0. The van der Waals surface area contributed by atoms with Gasteiger partial charge in [-0.3, -0.25) is 4.79 Å². The summed E-state index contributed by atoms with van der Waals surface area (Å²) in [5.74, 6) is 1.14. The van der Waals surface area contributed by atoms with Crippen LogP contribution in [0.2, 0.25) is 5.02 Å². The monoisotopic (exact) mass is 269 g/mol. The molecular weight excluding hydrogens is 254 g/mol. The van der Waals surface area contributed by atoms with Crippen molar-refractivity contribution in [3.8, 4) is 0 Å². The van der Waals surface area contributed by atoms with Crippen molar-refractivity contribution >= 4 is 35.3 Å². The summed E-state index contributed by atoms with van der Waals surface area (Å²) in [4.78, 5) is 13.0. The minimum Gasteiger partial charge on any atom is -0.368 e. The number of hydrogen-bond donors (Lipinski definition) is 0. The molecule has 1 unspecified atom stereocenters. The first-order chi connectivity index (χ1) is 8.24. The Morgan fingerprint density at radius 2 is 2.41 bits per heavy atom. The quantitative estimate of drug-likeness (QED) is 0.784. The summed E-state index contributed by atoms with van der Waals surface area (Å²) in [6, 6.07) is 5.53.